The fourth-order valence-corrected chi connectivity index (χ4v) is 4.02. The third-order valence-electron chi connectivity index (χ3n) is 4.51. The van der Waals surface area contributed by atoms with Gasteiger partial charge in [0.2, 0.25) is 0 Å². The molecule has 120 valence electrons. The Hall–Kier alpha value is -1.50. The van der Waals surface area contributed by atoms with Gasteiger partial charge < -0.3 is 19.7 Å². The van der Waals surface area contributed by atoms with Crippen LogP contribution in [0.25, 0.3) is 0 Å². The molecule has 0 aliphatic carbocycles. The van der Waals surface area contributed by atoms with E-state index in [1.165, 1.54) is 0 Å². The summed E-state index contributed by atoms with van der Waals surface area (Å²) in [6.07, 6.45) is 2.69. The largest absolute Gasteiger partial charge is 0.345 e. The van der Waals surface area contributed by atoms with Crippen LogP contribution >= 0.6 is 15.9 Å². The normalized spacial score (nSPS) is 24.7. The van der Waals surface area contributed by atoms with E-state index in [-0.39, 0.29) is 30.1 Å². The second-order valence-electron chi connectivity index (χ2n) is 6.32. The van der Waals surface area contributed by atoms with Crippen LogP contribution in [0.1, 0.15) is 30.8 Å². The number of aromatic nitrogens is 1. The van der Waals surface area contributed by atoms with E-state index in [4.69, 9.17) is 0 Å². The number of nitrogens with zero attached hydrogens (tertiary/aromatic N) is 3. The number of fused-ring (bicyclic) bond motifs is 1. The van der Waals surface area contributed by atoms with E-state index >= 15 is 0 Å². The summed E-state index contributed by atoms with van der Waals surface area (Å²) in [5.41, 5.74) is 0.662. The lowest BCUT2D eigenvalue weighted by atomic mass is 9.99. The van der Waals surface area contributed by atoms with Gasteiger partial charge in [0.05, 0.1) is 12.1 Å². The molecular formula is C15H21BrN4O2. The number of carbonyl (C=O) groups excluding carboxylic acids is 2. The van der Waals surface area contributed by atoms with Crippen LogP contribution in [0.4, 0.5) is 4.79 Å². The van der Waals surface area contributed by atoms with Gasteiger partial charge in [-0.2, -0.15) is 0 Å². The molecule has 2 atom stereocenters. The second-order valence-corrected chi connectivity index (χ2v) is 7.23. The summed E-state index contributed by atoms with van der Waals surface area (Å²) in [5.74, 6) is 0.0175. The maximum absolute atomic E-state index is 12.7. The molecule has 7 heteroatoms. The lowest BCUT2D eigenvalue weighted by molar-refractivity contribution is 0.0635. The number of urea groups is 1. The summed E-state index contributed by atoms with van der Waals surface area (Å²) in [6, 6.07) is 2.22. The fraction of sp³-hybridized carbons (Fsp3) is 0.600. The zero-order valence-corrected chi connectivity index (χ0v) is 14.6. The number of nitrogens with one attached hydrogen (secondary N) is 1. The summed E-state index contributed by atoms with van der Waals surface area (Å²) in [6.45, 7) is 5.31. The standard InChI is InChI=1S/C15H21BrN4O2/c1-9(2)20-12-4-5-19(8-11(12)17-15(20)22)14(21)13-6-10(16)7-18(13)3/h6-7,9,11-12H,4-5,8H2,1-3H3,(H,17,22)/t11-,12+/m1/s1. The highest BCUT2D eigenvalue weighted by Crippen LogP contribution is 2.26. The minimum absolute atomic E-state index is 0.0130. The molecule has 0 saturated carbocycles. The average molecular weight is 369 g/mol. The van der Waals surface area contributed by atoms with Gasteiger partial charge in [0, 0.05) is 36.8 Å². The molecule has 0 bridgehead atoms. The smallest absolute Gasteiger partial charge is 0.318 e. The Labute approximate surface area is 138 Å². The molecule has 2 aliphatic rings. The number of hydrogen-bond donors (Lipinski definition) is 1. The van der Waals surface area contributed by atoms with E-state index in [1.54, 1.807) is 0 Å². The Balaban J connectivity index is 1.74. The van der Waals surface area contributed by atoms with E-state index < -0.39 is 0 Å². The predicted molar refractivity (Wildman–Crippen MR) is 86.7 cm³/mol. The van der Waals surface area contributed by atoms with Gasteiger partial charge in [0.1, 0.15) is 5.69 Å². The molecule has 2 aliphatic heterocycles. The molecule has 3 amide bonds. The molecule has 1 aromatic rings. The summed E-state index contributed by atoms with van der Waals surface area (Å²) in [7, 11) is 1.86. The van der Waals surface area contributed by atoms with Crippen molar-refractivity contribution >= 4 is 27.9 Å². The van der Waals surface area contributed by atoms with Crippen molar-refractivity contribution in [1.29, 1.82) is 0 Å². The fourth-order valence-electron chi connectivity index (χ4n) is 3.50. The Bertz CT molecular complexity index is 613. The van der Waals surface area contributed by atoms with Crippen molar-refractivity contribution in [1.82, 2.24) is 19.7 Å². The minimum atomic E-state index is -0.0130. The number of piperidine rings is 1. The lowest BCUT2D eigenvalue weighted by Gasteiger charge is -2.37. The number of carbonyl (C=O) groups is 2. The first-order valence-electron chi connectivity index (χ1n) is 7.58. The highest BCUT2D eigenvalue weighted by atomic mass is 79.9. The van der Waals surface area contributed by atoms with Crippen LogP contribution in [0, 0.1) is 0 Å². The monoisotopic (exact) mass is 368 g/mol. The molecule has 0 unspecified atom stereocenters. The maximum Gasteiger partial charge on any atom is 0.318 e. The summed E-state index contributed by atoms with van der Waals surface area (Å²) in [4.78, 5) is 28.5. The van der Waals surface area contributed by atoms with Crippen LogP contribution < -0.4 is 5.32 Å². The van der Waals surface area contributed by atoms with E-state index in [1.807, 2.05) is 47.5 Å². The number of hydrogen-bond acceptors (Lipinski definition) is 2. The molecule has 2 fully saturated rings. The van der Waals surface area contributed by atoms with Crippen molar-refractivity contribution in [2.75, 3.05) is 13.1 Å². The highest BCUT2D eigenvalue weighted by Gasteiger charge is 2.44. The van der Waals surface area contributed by atoms with Crippen LogP contribution in [0.15, 0.2) is 16.7 Å². The molecule has 0 aromatic carbocycles. The molecule has 0 spiro atoms. The second kappa shape index (κ2) is 5.61. The first-order chi connectivity index (χ1) is 10.4. The van der Waals surface area contributed by atoms with E-state index in [0.717, 1.165) is 10.9 Å². The SMILES string of the molecule is CC(C)N1C(=O)N[C@@H]2CN(C(=O)c3cc(Br)cn3C)CC[C@@H]21. The summed E-state index contributed by atoms with van der Waals surface area (Å²) in [5, 5.41) is 3.02. The molecule has 22 heavy (non-hydrogen) atoms. The van der Waals surface area contributed by atoms with Crippen molar-refractivity contribution in [3.8, 4) is 0 Å². The summed E-state index contributed by atoms with van der Waals surface area (Å²) < 4.78 is 2.72. The van der Waals surface area contributed by atoms with Crippen LogP contribution in [0.2, 0.25) is 0 Å². The predicted octanol–water partition coefficient (Wildman–Crippen LogP) is 1.80. The van der Waals surface area contributed by atoms with Gasteiger partial charge in [-0.25, -0.2) is 4.79 Å². The first-order valence-corrected chi connectivity index (χ1v) is 8.37. The molecule has 0 radical (unpaired) electrons. The number of rotatable bonds is 2. The minimum Gasteiger partial charge on any atom is -0.345 e. The third-order valence-corrected chi connectivity index (χ3v) is 4.94. The Morgan fingerprint density at radius 1 is 1.45 bits per heavy atom. The van der Waals surface area contributed by atoms with Gasteiger partial charge in [-0.3, -0.25) is 4.79 Å². The van der Waals surface area contributed by atoms with Gasteiger partial charge in [0.25, 0.3) is 5.91 Å². The molecule has 2 saturated heterocycles. The third kappa shape index (κ3) is 2.51. The van der Waals surface area contributed by atoms with E-state index in [0.29, 0.717) is 18.8 Å². The van der Waals surface area contributed by atoms with Gasteiger partial charge in [-0.15, -0.1) is 0 Å². The summed E-state index contributed by atoms with van der Waals surface area (Å²) >= 11 is 3.40. The zero-order valence-electron chi connectivity index (χ0n) is 13.0. The van der Waals surface area contributed by atoms with Gasteiger partial charge in [-0.1, -0.05) is 0 Å². The first kappa shape index (κ1) is 15.4. The zero-order chi connectivity index (χ0) is 16.0. The molecule has 1 N–H and O–H groups in total. The van der Waals surface area contributed by atoms with Gasteiger partial charge >= 0.3 is 6.03 Å². The molecule has 3 rings (SSSR count). The quantitative estimate of drug-likeness (QED) is 0.865. The van der Waals surface area contributed by atoms with Crippen molar-refractivity contribution in [3.63, 3.8) is 0 Å². The number of amides is 3. The molecular weight excluding hydrogens is 348 g/mol. The molecule has 1 aromatic heterocycles. The van der Waals surface area contributed by atoms with Crippen molar-refractivity contribution in [2.45, 2.75) is 38.4 Å². The van der Waals surface area contributed by atoms with Crippen molar-refractivity contribution in [2.24, 2.45) is 7.05 Å². The lowest BCUT2D eigenvalue weighted by Crippen LogP contribution is -2.53. The molecule has 3 heterocycles. The van der Waals surface area contributed by atoms with Crippen LogP contribution in [0.3, 0.4) is 0 Å². The maximum atomic E-state index is 12.7. The Kier molecular flexibility index (Phi) is 3.92. The van der Waals surface area contributed by atoms with E-state index in [9.17, 15) is 9.59 Å². The Morgan fingerprint density at radius 3 is 2.77 bits per heavy atom. The number of halogens is 1. The average Bonchev–Trinajstić information content (AvgIpc) is 2.95. The van der Waals surface area contributed by atoms with Crippen LogP contribution in [-0.2, 0) is 7.05 Å². The van der Waals surface area contributed by atoms with Crippen molar-refractivity contribution in [3.05, 3.63) is 22.4 Å². The van der Waals surface area contributed by atoms with E-state index in [2.05, 4.69) is 21.2 Å². The van der Waals surface area contributed by atoms with Gasteiger partial charge in [-0.05, 0) is 42.3 Å². The Morgan fingerprint density at radius 2 is 2.18 bits per heavy atom. The molecule has 6 nitrogen and oxygen atoms in total. The van der Waals surface area contributed by atoms with Crippen molar-refractivity contribution < 1.29 is 9.59 Å². The number of aryl methyl sites for hydroxylation is 1. The topological polar surface area (TPSA) is 57.6 Å². The van der Waals surface area contributed by atoms with Crippen LogP contribution in [0.5, 0.6) is 0 Å². The number of likely N-dealkylation sites (tertiary alicyclic amines) is 1. The van der Waals surface area contributed by atoms with Gasteiger partial charge in [0.15, 0.2) is 0 Å². The highest BCUT2D eigenvalue weighted by molar-refractivity contribution is 9.10. The van der Waals surface area contributed by atoms with Crippen LogP contribution in [-0.4, -0.2) is 57.5 Å².